The molecule has 0 heterocycles. The standard InChI is InChI=1S/C20H23Cl2NO4/c1-11(16-6-5-15(21)9-17(16)22)23-18(24)10-27-20(26)14-7-12-3-2-4-13(8-14)19(12)25/h5-6,9,11-14H,2-4,7-8,10H2,1H3,(H,23,24). The number of amides is 1. The van der Waals surface area contributed by atoms with Gasteiger partial charge in [0.1, 0.15) is 5.78 Å². The molecule has 0 aromatic heterocycles. The van der Waals surface area contributed by atoms with Crippen molar-refractivity contribution >= 4 is 40.9 Å². The summed E-state index contributed by atoms with van der Waals surface area (Å²) in [6.07, 6.45) is 3.87. The Balaban J connectivity index is 1.48. The number of carbonyl (C=O) groups is 3. The summed E-state index contributed by atoms with van der Waals surface area (Å²) in [6.45, 7) is 1.46. The van der Waals surface area contributed by atoms with Gasteiger partial charge in [-0.3, -0.25) is 14.4 Å². The van der Waals surface area contributed by atoms with E-state index in [2.05, 4.69) is 5.32 Å². The van der Waals surface area contributed by atoms with E-state index in [1.807, 2.05) is 0 Å². The van der Waals surface area contributed by atoms with Gasteiger partial charge in [0.2, 0.25) is 0 Å². The first-order chi connectivity index (χ1) is 12.8. The molecule has 2 bridgehead atoms. The van der Waals surface area contributed by atoms with Gasteiger partial charge in [-0.2, -0.15) is 0 Å². The van der Waals surface area contributed by atoms with Crippen molar-refractivity contribution in [3.05, 3.63) is 33.8 Å². The molecule has 2 aliphatic rings. The maximum absolute atomic E-state index is 12.3. The van der Waals surface area contributed by atoms with Crippen molar-refractivity contribution in [2.75, 3.05) is 6.61 Å². The fourth-order valence-electron chi connectivity index (χ4n) is 4.14. The minimum absolute atomic E-state index is 0.0176. The van der Waals surface area contributed by atoms with Gasteiger partial charge in [-0.1, -0.05) is 35.7 Å². The third-order valence-corrected chi connectivity index (χ3v) is 6.10. The van der Waals surface area contributed by atoms with Gasteiger partial charge in [-0.25, -0.2) is 0 Å². The Morgan fingerprint density at radius 3 is 2.52 bits per heavy atom. The molecule has 1 amide bonds. The summed E-state index contributed by atoms with van der Waals surface area (Å²) < 4.78 is 5.21. The van der Waals surface area contributed by atoms with Crippen molar-refractivity contribution in [3.63, 3.8) is 0 Å². The number of hydrogen-bond donors (Lipinski definition) is 1. The van der Waals surface area contributed by atoms with Crippen LogP contribution < -0.4 is 5.32 Å². The molecule has 2 aliphatic carbocycles. The highest BCUT2D eigenvalue weighted by Gasteiger charge is 2.41. The molecule has 3 rings (SSSR count). The number of hydrogen-bond acceptors (Lipinski definition) is 4. The first kappa shape index (κ1) is 20.2. The molecule has 2 fully saturated rings. The van der Waals surface area contributed by atoms with E-state index >= 15 is 0 Å². The molecule has 0 saturated heterocycles. The van der Waals surface area contributed by atoms with E-state index in [0.717, 1.165) is 24.8 Å². The van der Waals surface area contributed by atoms with Crippen LogP contribution in [0.1, 0.15) is 50.6 Å². The molecule has 5 nitrogen and oxygen atoms in total. The summed E-state index contributed by atoms with van der Waals surface area (Å²) >= 11 is 12.0. The van der Waals surface area contributed by atoms with Crippen LogP contribution in [0.3, 0.4) is 0 Å². The van der Waals surface area contributed by atoms with Crippen LogP contribution in [-0.2, 0) is 19.1 Å². The first-order valence-corrected chi connectivity index (χ1v) is 10.1. The summed E-state index contributed by atoms with van der Waals surface area (Å²) in [5, 5.41) is 3.75. The Morgan fingerprint density at radius 2 is 1.89 bits per heavy atom. The molecular formula is C20H23Cl2NO4. The smallest absolute Gasteiger partial charge is 0.309 e. The van der Waals surface area contributed by atoms with Crippen LogP contribution in [0.5, 0.6) is 0 Å². The van der Waals surface area contributed by atoms with Gasteiger partial charge in [0.05, 0.1) is 12.0 Å². The van der Waals surface area contributed by atoms with E-state index in [1.54, 1.807) is 25.1 Å². The van der Waals surface area contributed by atoms with Crippen LogP contribution in [0.15, 0.2) is 18.2 Å². The van der Waals surface area contributed by atoms with Crippen LogP contribution in [-0.4, -0.2) is 24.3 Å². The number of fused-ring (bicyclic) bond motifs is 2. The van der Waals surface area contributed by atoms with Gasteiger partial charge in [0.25, 0.3) is 5.91 Å². The molecule has 1 N–H and O–H groups in total. The number of Topliss-reactive ketones (excluding diaryl/α,β-unsaturated/α-hetero) is 1. The zero-order chi connectivity index (χ0) is 19.6. The maximum atomic E-state index is 12.3. The minimum Gasteiger partial charge on any atom is -0.455 e. The van der Waals surface area contributed by atoms with Crippen molar-refractivity contribution < 1.29 is 19.1 Å². The Morgan fingerprint density at radius 1 is 1.22 bits per heavy atom. The van der Waals surface area contributed by atoms with E-state index in [-0.39, 0.29) is 36.4 Å². The number of ketones is 1. The lowest BCUT2D eigenvalue weighted by atomic mass is 9.67. The Hall–Kier alpha value is -1.59. The van der Waals surface area contributed by atoms with E-state index < -0.39 is 5.91 Å². The van der Waals surface area contributed by atoms with Gasteiger partial charge >= 0.3 is 5.97 Å². The lowest BCUT2D eigenvalue weighted by Crippen LogP contribution is -2.40. The monoisotopic (exact) mass is 411 g/mol. The van der Waals surface area contributed by atoms with Gasteiger partial charge in [-0.15, -0.1) is 0 Å². The van der Waals surface area contributed by atoms with E-state index in [9.17, 15) is 14.4 Å². The Kier molecular flexibility index (Phi) is 6.43. The molecule has 3 atom stereocenters. The normalized spacial score (nSPS) is 25.6. The van der Waals surface area contributed by atoms with E-state index in [0.29, 0.717) is 28.7 Å². The molecule has 3 unspecified atom stereocenters. The molecule has 1 aromatic rings. The number of ether oxygens (including phenoxy) is 1. The number of carbonyl (C=O) groups excluding carboxylic acids is 3. The molecule has 2 saturated carbocycles. The highest BCUT2D eigenvalue weighted by molar-refractivity contribution is 6.35. The second-order valence-corrected chi connectivity index (χ2v) is 8.30. The summed E-state index contributed by atoms with van der Waals surface area (Å²) in [5.41, 5.74) is 0.736. The van der Waals surface area contributed by atoms with E-state index in [4.69, 9.17) is 27.9 Å². The van der Waals surface area contributed by atoms with Gasteiger partial charge in [0, 0.05) is 21.9 Å². The molecule has 1 aromatic carbocycles. The summed E-state index contributed by atoms with van der Waals surface area (Å²) in [5.74, 6) is -0.793. The van der Waals surface area contributed by atoms with Crippen molar-refractivity contribution in [1.29, 1.82) is 0 Å². The largest absolute Gasteiger partial charge is 0.455 e. The number of rotatable bonds is 5. The van der Waals surface area contributed by atoms with Gasteiger partial charge in [0.15, 0.2) is 6.61 Å². The molecule has 0 spiro atoms. The Labute approximate surface area is 168 Å². The topological polar surface area (TPSA) is 72.5 Å². The van der Waals surface area contributed by atoms with Crippen molar-refractivity contribution in [2.24, 2.45) is 17.8 Å². The predicted molar refractivity (Wildman–Crippen MR) is 103 cm³/mol. The summed E-state index contributed by atoms with van der Waals surface area (Å²) in [6, 6.07) is 4.72. The number of nitrogens with one attached hydrogen (secondary N) is 1. The van der Waals surface area contributed by atoms with Crippen molar-refractivity contribution in [3.8, 4) is 0 Å². The third-order valence-electron chi connectivity index (χ3n) is 5.53. The number of benzene rings is 1. The average Bonchev–Trinajstić information content (AvgIpc) is 2.59. The van der Waals surface area contributed by atoms with Crippen molar-refractivity contribution in [1.82, 2.24) is 5.32 Å². The third kappa shape index (κ3) is 4.82. The van der Waals surface area contributed by atoms with Crippen LogP contribution in [0.2, 0.25) is 10.0 Å². The fraction of sp³-hybridized carbons (Fsp3) is 0.550. The second kappa shape index (κ2) is 8.61. The molecule has 0 radical (unpaired) electrons. The van der Waals surface area contributed by atoms with Gasteiger partial charge < -0.3 is 10.1 Å². The molecule has 0 aliphatic heterocycles. The summed E-state index contributed by atoms with van der Waals surface area (Å²) in [4.78, 5) is 36.6. The molecular weight excluding hydrogens is 389 g/mol. The number of esters is 1. The lowest BCUT2D eigenvalue weighted by Gasteiger charge is -2.36. The van der Waals surface area contributed by atoms with Crippen LogP contribution in [0, 0.1) is 17.8 Å². The second-order valence-electron chi connectivity index (χ2n) is 7.46. The predicted octanol–water partition coefficient (Wildman–Crippen LogP) is 4.11. The highest BCUT2D eigenvalue weighted by Crippen LogP contribution is 2.40. The quantitative estimate of drug-likeness (QED) is 0.739. The number of halogens is 2. The first-order valence-electron chi connectivity index (χ1n) is 9.29. The van der Waals surface area contributed by atoms with Crippen LogP contribution in [0.4, 0.5) is 0 Å². The zero-order valence-corrected chi connectivity index (χ0v) is 16.7. The average molecular weight is 412 g/mol. The summed E-state index contributed by atoms with van der Waals surface area (Å²) in [7, 11) is 0. The SMILES string of the molecule is CC(NC(=O)COC(=O)C1CC2CCCC(C1)C2=O)c1ccc(Cl)cc1Cl. The molecule has 7 heteroatoms. The van der Waals surface area contributed by atoms with Crippen molar-refractivity contribution in [2.45, 2.75) is 45.1 Å². The van der Waals surface area contributed by atoms with Gasteiger partial charge in [-0.05, 0) is 50.3 Å². The maximum Gasteiger partial charge on any atom is 0.309 e. The van der Waals surface area contributed by atoms with Crippen LogP contribution >= 0.6 is 23.2 Å². The molecule has 146 valence electrons. The fourth-order valence-corrected chi connectivity index (χ4v) is 4.71. The molecule has 27 heavy (non-hydrogen) atoms. The lowest BCUT2D eigenvalue weighted by molar-refractivity contribution is -0.156. The van der Waals surface area contributed by atoms with Crippen LogP contribution in [0.25, 0.3) is 0 Å². The minimum atomic E-state index is -0.394. The highest BCUT2D eigenvalue weighted by atomic mass is 35.5. The van der Waals surface area contributed by atoms with E-state index in [1.165, 1.54) is 0 Å². The Bertz CT molecular complexity index is 735. The zero-order valence-electron chi connectivity index (χ0n) is 15.2.